The van der Waals surface area contributed by atoms with Crippen molar-refractivity contribution in [3.05, 3.63) is 41.7 Å². The van der Waals surface area contributed by atoms with E-state index in [2.05, 4.69) is 26.4 Å². The third-order valence-corrected chi connectivity index (χ3v) is 3.01. The summed E-state index contributed by atoms with van der Waals surface area (Å²) in [5, 5.41) is 3.36. The van der Waals surface area contributed by atoms with E-state index >= 15 is 0 Å². The lowest BCUT2D eigenvalue weighted by molar-refractivity contribution is 0.414. The van der Waals surface area contributed by atoms with Crippen molar-refractivity contribution in [1.29, 1.82) is 0 Å². The van der Waals surface area contributed by atoms with Gasteiger partial charge in [0, 0.05) is 24.9 Å². The lowest BCUT2D eigenvalue weighted by atomic mass is 10.1. The highest BCUT2D eigenvalue weighted by Gasteiger charge is 2.17. The number of rotatable bonds is 4. The van der Waals surface area contributed by atoms with E-state index in [0.717, 1.165) is 36.0 Å². The summed E-state index contributed by atoms with van der Waals surface area (Å²) in [7, 11) is 1.67. The van der Waals surface area contributed by atoms with Crippen molar-refractivity contribution in [2.75, 3.05) is 7.11 Å². The highest BCUT2D eigenvalue weighted by molar-refractivity contribution is 6.47. The molecule has 0 amide bonds. The normalized spacial score (nSPS) is 16.4. The van der Waals surface area contributed by atoms with Gasteiger partial charge in [0.1, 0.15) is 12.1 Å². The summed E-state index contributed by atoms with van der Waals surface area (Å²) < 4.78 is 5.20. The molecule has 3 rings (SSSR count). The quantitative estimate of drug-likeness (QED) is 0.892. The number of nitrogens with one attached hydrogen (secondary N) is 1. The molecule has 2 heterocycles. The van der Waals surface area contributed by atoms with E-state index in [1.54, 1.807) is 13.4 Å². The number of benzene rings is 1. The molecule has 0 unspecified atom stereocenters. The second kappa shape index (κ2) is 5.06. The Kier molecular flexibility index (Phi) is 3.10. The molecule has 0 saturated carbocycles. The maximum absolute atomic E-state index is 5.20. The molecule has 2 aliphatic rings. The van der Waals surface area contributed by atoms with Crippen molar-refractivity contribution in [3.63, 3.8) is 0 Å². The number of allylic oxidation sites excluding steroid dienone is 1. The zero-order valence-electron chi connectivity index (χ0n) is 10.6. The van der Waals surface area contributed by atoms with Gasteiger partial charge in [-0.3, -0.25) is 0 Å². The first-order valence-corrected chi connectivity index (χ1v) is 6.08. The van der Waals surface area contributed by atoms with Gasteiger partial charge in [0.2, 0.25) is 0 Å². The van der Waals surface area contributed by atoms with Gasteiger partial charge in [0.05, 0.1) is 12.8 Å². The fourth-order valence-corrected chi connectivity index (χ4v) is 1.99. The largest absolute Gasteiger partial charge is 0.497 e. The molecule has 0 fully saturated rings. The molecule has 19 heavy (non-hydrogen) atoms. The molecule has 0 atom stereocenters. The van der Waals surface area contributed by atoms with Gasteiger partial charge in [-0.2, -0.15) is 0 Å². The lowest BCUT2D eigenvalue weighted by Gasteiger charge is -2.14. The predicted molar refractivity (Wildman–Crippen MR) is 75.9 cm³/mol. The van der Waals surface area contributed by atoms with Crippen molar-refractivity contribution in [2.45, 2.75) is 13.0 Å². The molecule has 0 spiro atoms. The van der Waals surface area contributed by atoms with E-state index in [1.807, 2.05) is 24.4 Å². The molecule has 1 aromatic carbocycles. The van der Waals surface area contributed by atoms with Crippen LogP contribution in [-0.2, 0) is 6.54 Å². The molecule has 0 aliphatic carbocycles. The SMILES string of the molecule is COc1cccc(CNC2=CN=C3N=CN=C3C2)c1. The van der Waals surface area contributed by atoms with Crippen molar-refractivity contribution in [2.24, 2.45) is 15.0 Å². The first-order chi connectivity index (χ1) is 9.35. The number of nitrogens with zero attached hydrogens (tertiary/aromatic N) is 3. The summed E-state index contributed by atoms with van der Waals surface area (Å²) in [4.78, 5) is 12.5. The molecule has 5 heteroatoms. The van der Waals surface area contributed by atoms with Crippen LogP contribution >= 0.6 is 0 Å². The first kappa shape index (κ1) is 11.6. The third kappa shape index (κ3) is 2.54. The van der Waals surface area contributed by atoms with E-state index in [9.17, 15) is 0 Å². The predicted octanol–water partition coefficient (Wildman–Crippen LogP) is 1.91. The Labute approximate surface area is 111 Å². The molecule has 0 aromatic heterocycles. The van der Waals surface area contributed by atoms with E-state index in [4.69, 9.17) is 4.74 Å². The molecule has 96 valence electrons. The van der Waals surface area contributed by atoms with Crippen LogP contribution in [0.5, 0.6) is 5.75 Å². The Bertz CT molecular complexity index is 614. The van der Waals surface area contributed by atoms with Crippen LogP contribution in [-0.4, -0.2) is 25.0 Å². The Balaban J connectivity index is 1.64. The minimum absolute atomic E-state index is 0.729. The Morgan fingerprint density at radius 3 is 3.16 bits per heavy atom. The van der Waals surface area contributed by atoms with Crippen LogP contribution in [0.25, 0.3) is 0 Å². The summed E-state index contributed by atoms with van der Waals surface area (Å²) in [6.07, 6.45) is 4.12. The summed E-state index contributed by atoms with van der Waals surface area (Å²) in [5.74, 6) is 1.60. The van der Waals surface area contributed by atoms with Crippen LogP contribution in [0.15, 0.2) is 51.1 Å². The molecular formula is C14H14N4O. The number of fused-ring (bicyclic) bond motifs is 1. The number of hydrogen-bond acceptors (Lipinski definition) is 5. The van der Waals surface area contributed by atoms with Crippen molar-refractivity contribution >= 4 is 17.9 Å². The summed E-state index contributed by atoms with van der Waals surface area (Å²) in [6, 6.07) is 7.99. The number of hydrogen-bond donors (Lipinski definition) is 1. The lowest BCUT2D eigenvalue weighted by Crippen LogP contribution is -2.21. The van der Waals surface area contributed by atoms with Crippen LogP contribution in [0.1, 0.15) is 12.0 Å². The highest BCUT2D eigenvalue weighted by Crippen LogP contribution is 2.15. The molecule has 0 bridgehead atoms. The van der Waals surface area contributed by atoms with Crippen LogP contribution in [0.2, 0.25) is 0 Å². The molecule has 2 aliphatic heterocycles. The number of aliphatic imine (C=N–C) groups is 3. The fraction of sp³-hybridized carbons (Fsp3) is 0.214. The number of methoxy groups -OCH3 is 1. The molecule has 1 aromatic rings. The van der Waals surface area contributed by atoms with Gasteiger partial charge in [-0.1, -0.05) is 12.1 Å². The number of amidine groups is 1. The summed E-state index contributed by atoms with van der Waals surface area (Å²) in [5.41, 5.74) is 3.14. The fourth-order valence-electron chi connectivity index (χ4n) is 1.99. The molecule has 0 saturated heterocycles. The van der Waals surface area contributed by atoms with Crippen molar-refractivity contribution in [1.82, 2.24) is 5.32 Å². The van der Waals surface area contributed by atoms with Crippen LogP contribution in [0.4, 0.5) is 0 Å². The van der Waals surface area contributed by atoms with Gasteiger partial charge in [-0.15, -0.1) is 0 Å². The van der Waals surface area contributed by atoms with Gasteiger partial charge in [-0.05, 0) is 17.7 Å². The van der Waals surface area contributed by atoms with Crippen molar-refractivity contribution < 1.29 is 4.74 Å². The van der Waals surface area contributed by atoms with Gasteiger partial charge in [0.15, 0.2) is 5.84 Å². The third-order valence-electron chi connectivity index (χ3n) is 3.01. The maximum Gasteiger partial charge on any atom is 0.175 e. The van der Waals surface area contributed by atoms with Crippen LogP contribution in [0.3, 0.4) is 0 Å². The maximum atomic E-state index is 5.20. The zero-order chi connectivity index (χ0) is 13.1. The summed E-state index contributed by atoms with van der Waals surface area (Å²) >= 11 is 0. The Morgan fingerprint density at radius 2 is 2.26 bits per heavy atom. The molecule has 0 radical (unpaired) electrons. The van der Waals surface area contributed by atoms with Gasteiger partial charge < -0.3 is 10.1 Å². The minimum atomic E-state index is 0.729. The first-order valence-electron chi connectivity index (χ1n) is 6.08. The number of ether oxygens (including phenoxy) is 1. The van der Waals surface area contributed by atoms with Gasteiger partial charge >= 0.3 is 0 Å². The molecule has 5 nitrogen and oxygen atoms in total. The topological polar surface area (TPSA) is 58.3 Å². The molecule has 1 N–H and O–H groups in total. The van der Waals surface area contributed by atoms with Crippen LogP contribution < -0.4 is 10.1 Å². The van der Waals surface area contributed by atoms with E-state index in [1.165, 1.54) is 5.56 Å². The van der Waals surface area contributed by atoms with Crippen LogP contribution in [0, 0.1) is 0 Å². The van der Waals surface area contributed by atoms with E-state index in [0.29, 0.717) is 0 Å². The monoisotopic (exact) mass is 254 g/mol. The molecular weight excluding hydrogens is 240 g/mol. The van der Waals surface area contributed by atoms with E-state index in [-0.39, 0.29) is 0 Å². The Morgan fingerprint density at radius 1 is 1.32 bits per heavy atom. The second-order valence-corrected chi connectivity index (χ2v) is 4.31. The standard InChI is InChI=1S/C14H14N4O/c1-19-12-4-2-3-10(5-12)7-15-11-6-13-14(16-8-11)18-9-17-13/h2-5,8-9,15H,6-7H2,1H3. The zero-order valence-corrected chi connectivity index (χ0v) is 10.6. The minimum Gasteiger partial charge on any atom is -0.497 e. The van der Waals surface area contributed by atoms with Gasteiger partial charge in [-0.25, -0.2) is 15.0 Å². The highest BCUT2D eigenvalue weighted by atomic mass is 16.5. The second-order valence-electron chi connectivity index (χ2n) is 4.31. The summed E-state index contributed by atoms with van der Waals surface area (Å²) in [6.45, 7) is 0.738. The van der Waals surface area contributed by atoms with Crippen molar-refractivity contribution in [3.8, 4) is 5.75 Å². The average Bonchev–Trinajstić information content (AvgIpc) is 2.93. The smallest absolute Gasteiger partial charge is 0.175 e. The van der Waals surface area contributed by atoms with Gasteiger partial charge in [0.25, 0.3) is 0 Å². The Hall–Kier alpha value is -2.43. The van der Waals surface area contributed by atoms with E-state index < -0.39 is 0 Å². The average molecular weight is 254 g/mol.